The van der Waals surface area contributed by atoms with Gasteiger partial charge in [0.1, 0.15) is 17.1 Å². The van der Waals surface area contributed by atoms with E-state index >= 15 is 0 Å². The van der Waals surface area contributed by atoms with E-state index in [0.29, 0.717) is 30.8 Å². The van der Waals surface area contributed by atoms with Crippen molar-refractivity contribution < 1.29 is 14.3 Å². The Kier molecular flexibility index (Phi) is 7.73. The maximum absolute atomic E-state index is 10.6. The zero-order chi connectivity index (χ0) is 19.7. The van der Waals surface area contributed by atoms with Crippen molar-refractivity contribution in [3.8, 4) is 5.75 Å². The van der Waals surface area contributed by atoms with Crippen molar-refractivity contribution in [2.75, 3.05) is 19.7 Å². The second-order valence-corrected chi connectivity index (χ2v) is 7.11. The summed E-state index contributed by atoms with van der Waals surface area (Å²) in [6.07, 6.45) is 1.55. The standard InChI is InChI=1S/C21H31N3O3/c1-5-22-20(24-15-21(4,25)19-11-8-12-26-19)23-13-17-9-6-7-10-18(17)27-14-16(2)3/h6-12,16,25H,5,13-15H2,1-4H3,(H2,22,23,24). The predicted molar refractivity (Wildman–Crippen MR) is 108 cm³/mol. The van der Waals surface area contributed by atoms with Crippen LogP contribution in [-0.4, -0.2) is 30.8 Å². The molecule has 1 unspecified atom stereocenters. The van der Waals surface area contributed by atoms with Gasteiger partial charge in [0.25, 0.3) is 0 Å². The van der Waals surface area contributed by atoms with Gasteiger partial charge in [0.05, 0.1) is 26.0 Å². The molecule has 27 heavy (non-hydrogen) atoms. The van der Waals surface area contributed by atoms with E-state index in [9.17, 15) is 5.11 Å². The van der Waals surface area contributed by atoms with E-state index in [0.717, 1.165) is 17.9 Å². The molecule has 0 aliphatic heterocycles. The van der Waals surface area contributed by atoms with E-state index in [4.69, 9.17) is 9.15 Å². The number of rotatable bonds is 9. The van der Waals surface area contributed by atoms with Crippen LogP contribution in [0.1, 0.15) is 39.0 Å². The third-order valence-corrected chi connectivity index (χ3v) is 3.95. The molecule has 1 aromatic carbocycles. The first-order valence-electron chi connectivity index (χ1n) is 9.41. The highest BCUT2D eigenvalue weighted by atomic mass is 16.5. The Morgan fingerprint density at radius 1 is 1.22 bits per heavy atom. The number of ether oxygens (including phenoxy) is 1. The lowest BCUT2D eigenvalue weighted by Crippen LogP contribution is -2.44. The lowest BCUT2D eigenvalue weighted by molar-refractivity contribution is 0.0386. The quantitative estimate of drug-likeness (QED) is 0.464. The molecule has 0 spiro atoms. The first-order valence-corrected chi connectivity index (χ1v) is 9.41. The summed E-state index contributed by atoms with van der Waals surface area (Å²) in [6.45, 7) is 10.1. The lowest BCUT2D eigenvalue weighted by Gasteiger charge is -2.22. The number of nitrogens with one attached hydrogen (secondary N) is 2. The van der Waals surface area contributed by atoms with Gasteiger partial charge in [-0.3, -0.25) is 0 Å². The number of aliphatic hydroxyl groups is 1. The molecule has 0 aliphatic rings. The molecule has 0 bridgehead atoms. The first kappa shape index (κ1) is 20.8. The summed E-state index contributed by atoms with van der Waals surface area (Å²) in [5, 5.41) is 17.0. The van der Waals surface area contributed by atoms with Gasteiger partial charge in [-0.05, 0) is 38.0 Å². The molecule has 6 heteroatoms. The van der Waals surface area contributed by atoms with Crippen molar-refractivity contribution in [1.82, 2.24) is 10.6 Å². The average Bonchev–Trinajstić information content (AvgIpc) is 3.18. The van der Waals surface area contributed by atoms with E-state index < -0.39 is 5.60 Å². The average molecular weight is 373 g/mol. The smallest absolute Gasteiger partial charge is 0.191 e. The van der Waals surface area contributed by atoms with Crippen molar-refractivity contribution in [3.05, 3.63) is 54.0 Å². The Hall–Kier alpha value is -2.47. The predicted octanol–water partition coefficient (Wildman–Crippen LogP) is 3.28. The molecular weight excluding hydrogens is 342 g/mol. The number of benzene rings is 1. The van der Waals surface area contributed by atoms with Crippen LogP contribution in [0.3, 0.4) is 0 Å². The third-order valence-electron chi connectivity index (χ3n) is 3.95. The highest BCUT2D eigenvalue weighted by Gasteiger charge is 2.26. The van der Waals surface area contributed by atoms with Gasteiger partial charge in [0.15, 0.2) is 5.96 Å². The zero-order valence-corrected chi connectivity index (χ0v) is 16.7. The van der Waals surface area contributed by atoms with Crippen molar-refractivity contribution >= 4 is 5.96 Å². The summed E-state index contributed by atoms with van der Waals surface area (Å²) in [5.74, 6) is 2.46. The van der Waals surface area contributed by atoms with Crippen LogP contribution < -0.4 is 15.4 Å². The van der Waals surface area contributed by atoms with Crippen LogP contribution in [0.2, 0.25) is 0 Å². The summed E-state index contributed by atoms with van der Waals surface area (Å²) >= 11 is 0. The number of nitrogens with zero attached hydrogens (tertiary/aromatic N) is 1. The fourth-order valence-corrected chi connectivity index (χ4v) is 2.47. The van der Waals surface area contributed by atoms with E-state index in [1.165, 1.54) is 0 Å². The Morgan fingerprint density at radius 2 is 2.00 bits per heavy atom. The van der Waals surface area contributed by atoms with Gasteiger partial charge >= 0.3 is 0 Å². The Bertz CT molecular complexity index is 709. The zero-order valence-electron chi connectivity index (χ0n) is 16.7. The van der Waals surface area contributed by atoms with Gasteiger partial charge in [-0.1, -0.05) is 32.0 Å². The Morgan fingerprint density at radius 3 is 2.67 bits per heavy atom. The molecule has 0 saturated carbocycles. The molecule has 0 saturated heterocycles. The number of aliphatic imine (C=N–C) groups is 1. The minimum absolute atomic E-state index is 0.276. The molecule has 0 fully saturated rings. The minimum atomic E-state index is -1.13. The van der Waals surface area contributed by atoms with E-state index in [1.54, 1.807) is 25.3 Å². The number of hydrogen-bond donors (Lipinski definition) is 3. The molecule has 3 N–H and O–H groups in total. The number of hydrogen-bond acceptors (Lipinski definition) is 4. The van der Waals surface area contributed by atoms with Gasteiger partial charge in [0, 0.05) is 12.1 Å². The van der Waals surface area contributed by atoms with Crippen molar-refractivity contribution in [3.63, 3.8) is 0 Å². The SMILES string of the molecule is CCNC(=NCc1ccccc1OCC(C)C)NCC(C)(O)c1ccco1. The summed E-state index contributed by atoms with van der Waals surface area (Å²) in [5.41, 5.74) is -0.106. The van der Waals surface area contributed by atoms with Crippen LogP contribution in [-0.2, 0) is 12.1 Å². The number of guanidine groups is 1. The highest BCUT2D eigenvalue weighted by Crippen LogP contribution is 2.21. The number of furan rings is 1. The van der Waals surface area contributed by atoms with Crippen molar-refractivity contribution in [2.45, 2.75) is 39.8 Å². The molecule has 0 radical (unpaired) electrons. The van der Waals surface area contributed by atoms with Gasteiger partial charge in [-0.2, -0.15) is 0 Å². The molecule has 1 heterocycles. The maximum atomic E-state index is 10.6. The van der Waals surface area contributed by atoms with Gasteiger partial charge in [-0.15, -0.1) is 0 Å². The second kappa shape index (κ2) is 10.0. The van der Waals surface area contributed by atoms with Gasteiger partial charge < -0.3 is 24.9 Å². The second-order valence-electron chi connectivity index (χ2n) is 7.11. The van der Waals surface area contributed by atoms with Crippen LogP contribution in [0, 0.1) is 5.92 Å². The lowest BCUT2D eigenvalue weighted by atomic mass is 10.0. The fraction of sp³-hybridized carbons (Fsp3) is 0.476. The largest absolute Gasteiger partial charge is 0.493 e. The molecule has 2 aromatic rings. The van der Waals surface area contributed by atoms with Crippen LogP contribution in [0.4, 0.5) is 0 Å². The van der Waals surface area contributed by atoms with E-state index in [-0.39, 0.29) is 6.54 Å². The first-order chi connectivity index (χ1) is 12.9. The van der Waals surface area contributed by atoms with Gasteiger partial charge in [0.2, 0.25) is 0 Å². The molecule has 148 valence electrons. The van der Waals surface area contributed by atoms with Crippen molar-refractivity contribution in [2.24, 2.45) is 10.9 Å². The van der Waals surface area contributed by atoms with Crippen molar-refractivity contribution in [1.29, 1.82) is 0 Å². The summed E-state index contributed by atoms with van der Waals surface area (Å²) < 4.78 is 11.2. The third kappa shape index (κ3) is 6.64. The van der Waals surface area contributed by atoms with Gasteiger partial charge in [-0.25, -0.2) is 4.99 Å². The molecular formula is C21H31N3O3. The normalized spacial score (nSPS) is 14.1. The highest BCUT2D eigenvalue weighted by molar-refractivity contribution is 5.79. The maximum Gasteiger partial charge on any atom is 0.191 e. The minimum Gasteiger partial charge on any atom is -0.493 e. The molecule has 6 nitrogen and oxygen atoms in total. The molecule has 0 aliphatic carbocycles. The van der Waals surface area contributed by atoms with Crippen LogP contribution in [0.25, 0.3) is 0 Å². The monoisotopic (exact) mass is 373 g/mol. The van der Waals surface area contributed by atoms with Crippen LogP contribution in [0.5, 0.6) is 5.75 Å². The summed E-state index contributed by atoms with van der Waals surface area (Å²) in [4.78, 5) is 4.63. The molecule has 0 amide bonds. The summed E-state index contributed by atoms with van der Waals surface area (Å²) in [6, 6.07) is 11.4. The molecule has 1 atom stereocenters. The fourth-order valence-electron chi connectivity index (χ4n) is 2.47. The molecule has 1 aromatic heterocycles. The molecule has 2 rings (SSSR count). The Balaban J connectivity index is 2.03. The van der Waals surface area contributed by atoms with E-state index in [2.05, 4.69) is 29.5 Å². The number of para-hydroxylation sites is 1. The van der Waals surface area contributed by atoms with Crippen LogP contribution >= 0.6 is 0 Å². The van der Waals surface area contributed by atoms with Crippen LogP contribution in [0.15, 0.2) is 52.1 Å². The van der Waals surface area contributed by atoms with E-state index in [1.807, 2.05) is 31.2 Å². The topological polar surface area (TPSA) is 79.0 Å². The summed E-state index contributed by atoms with van der Waals surface area (Å²) in [7, 11) is 0. The Labute approximate surface area is 161 Å².